The first-order valence-electron chi connectivity index (χ1n) is 8.70. The first-order valence-corrected chi connectivity index (χ1v) is 9.68. The van der Waals surface area contributed by atoms with E-state index < -0.39 is 0 Å². The van der Waals surface area contributed by atoms with Crippen molar-refractivity contribution >= 4 is 29.1 Å². The fraction of sp³-hybridized carbons (Fsp3) is 0.300. The zero-order valence-electron chi connectivity index (χ0n) is 14.7. The predicted octanol–water partition coefficient (Wildman–Crippen LogP) is 4.32. The van der Waals surface area contributed by atoms with Crippen molar-refractivity contribution < 1.29 is 9.18 Å². The topological polar surface area (TPSA) is 44.7 Å². The molecule has 4 nitrogen and oxygen atoms in total. The monoisotopic (exact) mass is 371 g/mol. The van der Waals surface area contributed by atoms with Gasteiger partial charge in [-0.3, -0.25) is 9.80 Å². The van der Waals surface area contributed by atoms with Gasteiger partial charge < -0.3 is 5.32 Å². The molecule has 0 atom stereocenters. The van der Waals surface area contributed by atoms with Crippen molar-refractivity contribution in [2.24, 2.45) is 5.10 Å². The van der Waals surface area contributed by atoms with Gasteiger partial charge in [0.1, 0.15) is 5.82 Å². The maximum atomic E-state index is 12.8. The molecule has 0 bridgehead atoms. The molecular weight excluding hydrogens is 349 g/mol. The smallest absolute Gasteiger partial charge is 0.251 e. The third kappa shape index (κ3) is 5.08. The zero-order valence-corrected chi connectivity index (χ0v) is 15.6. The number of nitrogens with zero attached hydrogens (tertiary/aromatic N) is 2. The number of nitrogens with one attached hydrogen (secondary N) is 1. The van der Waals surface area contributed by atoms with Crippen LogP contribution in [-0.4, -0.2) is 30.5 Å². The lowest BCUT2D eigenvalue weighted by atomic mass is 10.2. The highest BCUT2D eigenvalue weighted by atomic mass is 32.2. The number of rotatable bonds is 7. The third-order valence-corrected chi connectivity index (χ3v) is 5.19. The lowest BCUT2D eigenvalue weighted by Crippen LogP contribution is -2.24. The molecule has 0 aliphatic carbocycles. The number of thioether (sulfide) groups is 1. The van der Waals surface area contributed by atoms with Crippen LogP contribution in [0.3, 0.4) is 0 Å². The van der Waals surface area contributed by atoms with Crippen molar-refractivity contribution in [3.63, 3.8) is 0 Å². The predicted molar refractivity (Wildman–Crippen MR) is 106 cm³/mol. The molecule has 0 radical (unpaired) electrons. The van der Waals surface area contributed by atoms with E-state index >= 15 is 0 Å². The molecule has 136 valence electrons. The van der Waals surface area contributed by atoms with Gasteiger partial charge in [-0.25, -0.2) is 4.39 Å². The Hall–Kier alpha value is -2.34. The summed E-state index contributed by atoms with van der Waals surface area (Å²) < 4.78 is 12.8. The Labute approximate surface area is 157 Å². The summed E-state index contributed by atoms with van der Waals surface area (Å²) in [5.41, 5.74) is 2.79. The zero-order chi connectivity index (χ0) is 18.4. The van der Waals surface area contributed by atoms with Gasteiger partial charge >= 0.3 is 0 Å². The minimum Gasteiger partial charge on any atom is -0.352 e. The Morgan fingerprint density at radius 1 is 1.19 bits per heavy atom. The van der Waals surface area contributed by atoms with Crippen LogP contribution in [-0.2, 0) is 0 Å². The molecule has 0 saturated carbocycles. The quantitative estimate of drug-likeness (QED) is 0.582. The summed E-state index contributed by atoms with van der Waals surface area (Å²) in [5, 5.41) is 9.36. The van der Waals surface area contributed by atoms with Gasteiger partial charge in [0, 0.05) is 35.7 Å². The van der Waals surface area contributed by atoms with Crippen LogP contribution in [0.25, 0.3) is 0 Å². The van der Waals surface area contributed by atoms with Crippen molar-refractivity contribution in [1.82, 2.24) is 5.32 Å². The Kier molecular flexibility index (Phi) is 6.28. The maximum Gasteiger partial charge on any atom is 0.251 e. The van der Waals surface area contributed by atoms with Crippen LogP contribution in [0.15, 0.2) is 58.5 Å². The summed E-state index contributed by atoms with van der Waals surface area (Å²) in [6.07, 6.45) is 1.84. The van der Waals surface area contributed by atoms with E-state index in [1.54, 1.807) is 23.9 Å². The average Bonchev–Trinajstić information content (AvgIpc) is 3.09. The number of halogens is 1. The van der Waals surface area contributed by atoms with E-state index in [0.29, 0.717) is 12.1 Å². The first kappa shape index (κ1) is 18.5. The number of hydrogen-bond acceptors (Lipinski definition) is 4. The molecule has 0 saturated heterocycles. The van der Waals surface area contributed by atoms with E-state index in [9.17, 15) is 9.18 Å². The molecule has 1 aliphatic heterocycles. The van der Waals surface area contributed by atoms with Gasteiger partial charge in [0.25, 0.3) is 5.91 Å². The molecule has 0 aromatic heterocycles. The first-order chi connectivity index (χ1) is 12.6. The molecule has 2 aromatic carbocycles. The molecule has 0 fully saturated rings. The van der Waals surface area contributed by atoms with Crippen LogP contribution in [0.1, 0.15) is 30.1 Å². The highest BCUT2D eigenvalue weighted by Gasteiger charge is 2.13. The lowest BCUT2D eigenvalue weighted by Gasteiger charge is -2.14. The molecule has 3 rings (SSSR count). The second-order valence-corrected chi connectivity index (χ2v) is 7.34. The Balaban J connectivity index is 1.40. The molecule has 6 heteroatoms. The normalized spacial score (nSPS) is 13.6. The van der Waals surface area contributed by atoms with Crippen LogP contribution in [0.2, 0.25) is 0 Å². The van der Waals surface area contributed by atoms with Crippen molar-refractivity contribution in [3.05, 3.63) is 59.9 Å². The minimum atomic E-state index is -0.223. The van der Waals surface area contributed by atoms with Gasteiger partial charge in [0.15, 0.2) is 0 Å². The SMILES string of the molecule is CC1=NN(c2ccc(C(=O)NCCCSc3ccc(F)cc3)cc2)CC1. The third-order valence-electron chi connectivity index (χ3n) is 4.09. The fourth-order valence-corrected chi connectivity index (χ4v) is 3.50. The van der Waals surface area contributed by atoms with Gasteiger partial charge in [0.2, 0.25) is 0 Å². The van der Waals surface area contributed by atoms with Crippen molar-refractivity contribution in [3.8, 4) is 0 Å². The summed E-state index contributed by atoms with van der Waals surface area (Å²) in [6.45, 7) is 3.53. The summed E-state index contributed by atoms with van der Waals surface area (Å²) >= 11 is 1.66. The van der Waals surface area contributed by atoms with Crippen molar-refractivity contribution in [1.29, 1.82) is 0 Å². The number of hydrogen-bond donors (Lipinski definition) is 1. The number of carbonyl (C=O) groups excluding carboxylic acids is 1. The molecule has 0 spiro atoms. The van der Waals surface area contributed by atoms with Gasteiger partial charge in [0.05, 0.1) is 5.69 Å². The molecule has 0 unspecified atom stereocenters. The Bertz CT molecular complexity index is 775. The molecule has 1 N–H and O–H groups in total. The summed E-state index contributed by atoms with van der Waals surface area (Å²) in [6, 6.07) is 14.0. The Morgan fingerprint density at radius 2 is 1.92 bits per heavy atom. The van der Waals surface area contributed by atoms with Crippen LogP contribution in [0, 0.1) is 5.82 Å². The van der Waals surface area contributed by atoms with Gasteiger partial charge in [-0.05, 0) is 67.6 Å². The second-order valence-electron chi connectivity index (χ2n) is 6.17. The van der Waals surface area contributed by atoms with E-state index in [1.807, 2.05) is 36.2 Å². The lowest BCUT2D eigenvalue weighted by molar-refractivity contribution is 0.0954. The average molecular weight is 371 g/mol. The number of benzene rings is 2. The van der Waals surface area contributed by atoms with E-state index in [1.165, 1.54) is 12.1 Å². The largest absolute Gasteiger partial charge is 0.352 e. The molecule has 1 amide bonds. The maximum absolute atomic E-state index is 12.8. The number of carbonyl (C=O) groups is 1. The van der Waals surface area contributed by atoms with Gasteiger partial charge in [-0.1, -0.05) is 0 Å². The van der Waals surface area contributed by atoms with E-state index in [-0.39, 0.29) is 11.7 Å². The van der Waals surface area contributed by atoms with Crippen LogP contribution < -0.4 is 10.3 Å². The van der Waals surface area contributed by atoms with Crippen molar-refractivity contribution in [2.75, 3.05) is 23.9 Å². The van der Waals surface area contributed by atoms with Crippen LogP contribution in [0.4, 0.5) is 10.1 Å². The molecule has 2 aromatic rings. The molecule has 1 aliphatic rings. The van der Waals surface area contributed by atoms with Crippen LogP contribution >= 0.6 is 11.8 Å². The minimum absolute atomic E-state index is 0.0653. The molecule has 26 heavy (non-hydrogen) atoms. The number of hydrazone groups is 1. The summed E-state index contributed by atoms with van der Waals surface area (Å²) in [5.74, 6) is 0.584. The van der Waals surface area contributed by atoms with Gasteiger partial charge in [-0.2, -0.15) is 5.10 Å². The molecule has 1 heterocycles. The van der Waals surface area contributed by atoms with Crippen molar-refractivity contribution in [2.45, 2.75) is 24.7 Å². The van der Waals surface area contributed by atoms with Crippen LogP contribution in [0.5, 0.6) is 0 Å². The summed E-state index contributed by atoms with van der Waals surface area (Å²) in [4.78, 5) is 13.2. The second kappa shape index (κ2) is 8.85. The highest BCUT2D eigenvalue weighted by Crippen LogP contribution is 2.20. The molecular formula is C20H22FN3OS. The highest BCUT2D eigenvalue weighted by molar-refractivity contribution is 7.99. The van der Waals surface area contributed by atoms with E-state index in [0.717, 1.165) is 41.4 Å². The van der Waals surface area contributed by atoms with E-state index in [2.05, 4.69) is 10.4 Å². The number of anilines is 1. The summed E-state index contributed by atoms with van der Waals surface area (Å²) in [7, 11) is 0. The van der Waals surface area contributed by atoms with Gasteiger partial charge in [-0.15, -0.1) is 11.8 Å². The van der Waals surface area contributed by atoms with E-state index in [4.69, 9.17) is 0 Å². The Morgan fingerprint density at radius 3 is 2.58 bits per heavy atom. The fourth-order valence-electron chi connectivity index (χ4n) is 2.64. The standard InChI is InChI=1S/C20H22FN3OS/c1-15-11-13-24(23-15)18-7-3-16(4-8-18)20(25)22-12-2-14-26-19-9-5-17(21)6-10-19/h3-10H,2,11-14H2,1H3,(H,22,25). The number of amides is 1.